The van der Waals surface area contributed by atoms with Gasteiger partial charge in [-0.3, -0.25) is 14.4 Å². The van der Waals surface area contributed by atoms with Gasteiger partial charge in [-0.15, -0.1) is 34.8 Å². The first-order valence-corrected chi connectivity index (χ1v) is 9.13. The van der Waals surface area contributed by atoms with E-state index in [0.717, 1.165) is 16.8 Å². The van der Waals surface area contributed by atoms with E-state index in [1.165, 1.54) is 0 Å². The third kappa shape index (κ3) is 2.80. The number of carbonyl (C=O) groups excluding carboxylic acids is 3. The normalized spacial score (nSPS) is 22.5. The van der Waals surface area contributed by atoms with Crippen LogP contribution in [-0.4, -0.2) is 75.7 Å². The second kappa shape index (κ2) is 6.94. The summed E-state index contributed by atoms with van der Waals surface area (Å²) in [6.07, 6.45) is 2.26. The molecule has 1 unspecified atom stereocenters. The Labute approximate surface area is 154 Å². The highest BCUT2D eigenvalue weighted by Gasteiger charge is 2.45. The molecule has 3 aliphatic heterocycles. The highest BCUT2D eigenvalue weighted by Crippen LogP contribution is 2.42. The van der Waals surface area contributed by atoms with Gasteiger partial charge in [0.05, 0.1) is 12.6 Å². The molecule has 24 heavy (non-hydrogen) atoms. The highest BCUT2D eigenvalue weighted by molar-refractivity contribution is 6.28. The SMILES string of the molecule is O=C(CCl)N1C=C2C(=C3CCN(C(=O)CCl)CC2N3C(=O)CCl)C1. The summed E-state index contributed by atoms with van der Waals surface area (Å²) in [6, 6.07) is -0.330. The van der Waals surface area contributed by atoms with Crippen LogP contribution in [0.1, 0.15) is 6.42 Å². The van der Waals surface area contributed by atoms with Gasteiger partial charge in [0.15, 0.2) is 0 Å². The van der Waals surface area contributed by atoms with Crippen molar-refractivity contribution in [3.8, 4) is 0 Å². The minimum absolute atomic E-state index is 0.0990. The van der Waals surface area contributed by atoms with Gasteiger partial charge in [-0.1, -0.05) is 0 Å². The zero-order chi connectivity index (χ0) is 17.4. The maximum Gasteiger partial charge on any atom is 0.242 e. The number of fused-ring (bicyclic) bond motifs is 4. The highest BCUT2D eigenvalue weighted by atomic mass is 35.5. The molecule has 1 saturated heterocycles. The van der Waals surface area contributed by atoms with Crippen molar-refractivity contribution in [2.45, 2.75) is 12.5 Å². The second-order valence-electron chi connectivity index (χ2n) is 5.80. The van der Waals surface area contributed by atoms with Crippen LogP contribution in [0.15, 0.2) is 23.0 Å². The minimum Gasteiger partial charge on any atom is -0.339 e. The van der Waals surface area contributed by atoms with Crippen molar-refractivity contribution in [3.05, 3.63) is 23.0 Å². The Bertz CT molecular complexity index is 662. The maximum absolute atomic E-state index is 12.3. The van der Waals surface area contributed by atoms with Gasteiger partial charge in [0.1, 0.15) is 17.6 Å². The van der Waals surface area contributed by atoms with Crippen LogP contribution in [0.4, 0.5) is 0 Å². The molecule has 3 rings (SSSR count). The van der Waals surface area contributed by atoms with Crippen molar-refractivity contribution in [2.75, 3.05) is 37.3 Å². The molecule has 2 bridgehead atoms. The summed E-state index contributed by atoms with van der Waals surface area (Å²) in [6.45, 7) is 1.24. The summed E-state index contributed by atoms with van der Waals surface area (Å²) in [5, 5.41) is 0. The van der Waals surface area contributed by atoms with Crippen molar-refractivity contribution in [1.29, 1.82) is 0 Å². The topological polar surface area (TPSA) is 60.9 Å². The molecule has 3 heterocycles. The standard InChI is InChI=1S/C15H16Cl3N3O3/c16-3-13(22)19-2-1-11-9-6-20(14(23)4-17)7-10(9)12(8-19)21(11)15(24)5-18/h7,12H,1-6,8H2. The van der Waals surface area contributed by atoms with Crippen LogP contribution in [-0.2, 0) is 14.4 Å². The minimum atomic E-state index is -0.330. The van der Waals surface area contributed by atoms with Crippen LogP contribution < -0.4 is 0 Å². The van der Waals surface area contributed by atoms with Gasteiger partial charge in [-0.05, 0) is 11.1 Å². The summed E-state index contributed by atoms with van der Waals surface area (Å²) < 4.78 is 0. The number of alkyl halides is 3. The number of carbonyl (C=O) groups is 3. The van der Waals surface area contributed by atoms with E-state index in [1.54, 1.807) is 20.9 Å². The number of nitrogens with zero attached hydrogens (tertiary/aromatic N) is 3. The number of halogens is 3. The molecule has 0 saturated carbocycles. The predicted molar refractivity (Wildman–Crippen MR) is 90.8 cm³/mol. The lowest BCUT2D eigenvalue weighted by atomic mass is 10.0. The van der Waals surface area contributed by atoms with Gasteiger partial charge in [0.2, 0.25) is 17.7 Å². The molecule has 0 aromatic rings. The van der Waals surface area contributed by atoms with E-state index in [4.69, 9.17) is 34.8 Å². The Kier molecular flexibility index (Phi) is 5.08. The van der Waals surface area contributed by atoms with Crippen LogP contribution in [0.5, 0.6) is 0 Å². The Hall–Kier alpha value is -1.24. The molecule has 0 N–H and O–H groups in total. The molecule has 9 heteroatoms. The molecule has 0 aromatic carbocycles. The van der Waals surface area contributed by atoms with Crippen LogP contribution in [0.2, 0.25) is 0 Å². The molecule has 3 amide bonds. The van der Waals surface area contributed by atoms with E-state index in [1.807, 2.05) is 0 Å². The molecule has 1 atom stereocenters. The Morgan fingerprint density at radius 2 is 1.71 bits per heavy atom. The number of amides is 3. The summed E-state index contributed by atoms with van der Waals surface area (Å²) in [5.41, 5.74) is 2.69. The second-order valence-corrected chi connectivity index (χ2v) is 6.60. The lowest BCUT2D eigenvalue weighted by molar-refractivity contribution is -0.131. The van der Waals surface area contributed by atoms with Gasteiger partial charge in [0.25, 0.3) is 0 Å². The average Bonchev–Trinajstić information content (AvgIpc) is 3.06. The van der Waals surface area contributed by atoms with Crippen molar-refractivity contribution < 1.29 is 14.4 Å². The summed E-state index contributed by atoms with van der Waals surface area (Å²) >= 11 is 17.1. The summed E-state index contributed by atoms with van der Waals surface area (Å²) in [4.78, 5) is 41.1. The number of hydrogen-bond donors (Lipinski definition) is 0. The maximum atomic E-state index is 12.3. The van der Waals surface area contributed by atoms with E-state index in [-0.39, 0.29) is 41.4 Å². The molecule has 6 nitrogen and oxygen atoms in total. The van der Waals surface area contributed by atoms with Crippen molar-refractivity contribution >= 4 is 52.5 Å². The molecule has 0 radical (unpaired) electrons. The van der Waals surface area contributed by atoms with Crippen LogP contribution >= 0.6 is 34.8 Å². The molecular formula is C15H16Cl3N3O3. The van der Waals surface area contributed by atoms with Crippen LogP contribution in [0.25, 0.3) is 0 Å². The van der Waals surface area contributed by atoms with Crippen LogP contribution in [0.3, 0.4) is 0 Å². The first-order valence-electron chi connectivity index (χ1n) is 7.53. The van der Waals surface area contributed by atoms with Gasteiger partial charge in [0, 0.05) is 31.4 Å². The van der Waals surface area contributed by atoms with E-state index >= 15 is 0 Å². The van der Waals surface area contributed by atoms with Crippen molar-refractivity contribution in [2.24, 2.45) is 0 Å². The zero-order valence-electron chi connectivity index (χ0n) is 12.8. The van der Waals surface area contributed by atoms with E-state index in [0.29, 0.717) is 26.1 Å². The molecule has 1 fully saturated rings. The third-order valence-corrected chi connectivity index (χ3v) is 5.26. The lowest BCUT2D eigenvalue weighted by Crippen LogP contribution is -2.44. The lowest BCUT2D eigenvalue weighted by Gasteiger charge is -2.28. The fourth-order valence-electron chi connectivity index (χ4n) is 3.50. The predicted octanol–water partition coefficient (Wildman–Crippen LogP) is 1.13. The van der Waals surface area contributed by atoms with Gasteiger partial charge in [-0.2, -0.15) is 0 Å². The largest absolute Gasteiger partial charge is 0.339 e. The van der Waals surface area contributed by atoms with Crippen LogP contribution in [0, 0.1) is 0 Å². The van der Waals surface area contributed by atoms with Gasteiger partial charge in [-0.25, -0.2) is 0 Å². The fraction of sp³-hybridized carbons (Fsp3) is 0.533. The molecule has 130 valence electrons. The Balaban J connectivity index is 1.98. The third-order valence-electron chi connectivity index (χ3n) is 4.58. The van der Waals surface area contributed by atoms with E-state index in [2.05, 4.69) is 0 Å². The Morgan fingerprint density at radius 1 is 1.04 bits per heavy atom. The first-order chi connectivity index (χ1) is 11.5. The molecule has 0 spiro atoms. The van der Waals surface area contributed by atoms with Gasteiger partial charge >= 0.3 is 0 Å². The fourth-order valence-corrected chi connectivity index (χ4v) is 3.95. The van der Waals surface area contributed by atoms with Crippen molar-refractivity contribution in [3.63, 3.8) is 0 Å². The molecular weight excluding hydrogens is 377 g/mol. The average molecular weight is 393 g/mol. The van der Waals surface area contributed by atoms with Gasteiger partial charge < -0.3 is 14.7 Å². The Morgan fingerprint density at radius 3 is 2.33 bits per heavy atom. The quantitative estimate of drug-likeness (QED) is 0.677. The van der Waals surface area contributed by atoms with E-state index in [9.17, 15) is 14.4 Å². The molecule has 0 aliphatic carbocycles. The monoisotopic (exact) mass is 391 g/mol. The first kappa shape index (κ1) is 17.6. The number of hydrogen-bond acceptors (Lipinski definition) is 3. The zero-order valence-corrected chi connectivity index (χ0v) is 15.1. The summed E-state index contributed by atoms with van der Waals surface area (Å²) in [7, 11) is 0. The number of rotatable bonds is 3. The molecule has 0 aromatic heterocycles. The molecule has 3 aliphatic rings. The smallest absolute Gasteiger partial charge is 0.242 e. The van der Waals surface area contributed by atoms with Crippen molar-refractivity contribution in [1.82, 2.24) is 14.7 Å². The van der Waals surface area contributed by atoms with E-state index < -0.39 is 0 Å². The summed E-state index contributed by atoms with van der Waals surface area (Å²) in [5.74, 6) is -0.885.